The third-order valence-corrected chi connectivity index (χ3v) is 2.40. The highest BCUT2D eigenvalue weighted by molar-refractivity contribution is 9.10. The molecular weight excluding hydrogens is 236 g/mol. The average Bonchev–Trinajstić information content (AvgIpc) is 2.42. The molecule has 1 aromatic rings. The fourth-order valence-electron chi connectivity index (χ4n) is 1.14. The molecule has 0 bridgehead atoms. The largest absolute Gasteiger partial charge is 0.481 e. The monoisotopic (exact) mass is 246 g/mol. The molecule has 13 heavy (non-hydrogen) atoms. The maximum atomic E-state index is 10.3. The number of carboxylic acids is 1. The average molecular weight is 247 g/mol. The second-order valence-electron chi connectivity index (χ2n) is 2.64. The molecule has 0 saturated heterocycles. The van der Waals surface area contributed by atoms with Gasteiger partial charge in [0.1, 0.15) is 10.4 Å². The molecule has 5 heteroatoms. The van der Waals surface area contributed by atoms with E-state index in [0.29, 0.717) is 6.42 Å². The van der Waals surface area contributed by atoms with Crippen molar-refractivity contribution in [2.45, 2.75) is 26.3 Å². The van der Waals surface area contributed by atoms with Gasteiger partial charge in [-0.1, -0.05) is 0 Å². The molecule has 1 heterocycles. The van der Waals surface area contributed by atoms with E-state index in [4.69, 9.17) is 5.11 Å². The van der Waals surface area contributed by atoms with Crippen LogP contribution in [0.4, 0.5) is 0 Å². The van der Waals surface area contributed by atoms with Crippen molar-refractivity contribution >= 4 is 21.9 Å². The number of hydrogen-bond acceptors (Lipinski definition) is 2. The lowest BCUT2D eigenvalue weighted by Gasteiger charge is -2.03. The topological polar surface area (TPSA) is 55.1 Å². The van der Waals surface area contributed by atoms with E-state index in [1.54, 1.807) is 6.20 Å². The molecule has 0 fully saturated rings. The van der Waals surface area contributed by atoms with Crippen molar-refractivity contribution in [1.82, 2.24) is 9.55 Å². The van der Waals surface area contributed by atoms with Crippen molar-refractivity contribution in [1.29, 1.82) is 0 Å². The molecule has 0 aliphatic rings. The third-order valence-electron chi connectivity index (χ3n) is 1.77. The maximum Gasteiger partial charge on any atom is 0.303 e. The van der Waals surface area contributed by atoms with Gasteiger partial charge in [-0.3, -0.25) is 4.79 Å². The van der Waals surface area contributed by atoms with Gasteiger partial charge in [0.15, 0.2) is 0 Å². The zero-order valence-electron chi connectivity index (χ0n) is 7.33. The van der Waals surface area contributed by atoms with Crippen LogP contribution in [0.3, 0.4) is 0 Å². The van der Waals surface area contributed by atoms with Crippen LogP contribution < -0.4 is 0 Å². The lowest BCUT2D eigenvalue weighted by atomic mass is 10.3. The summed E-state index contributed by atoms with van der Waals surface area (Å²) in [5, 5.41) is 8.50. The van der Waals surface area contributed by atoms with Crippen molar-refractivity contribution < 1.29 is 9.90 Å². The number of nitrogens with zero attached hydrogens (tertiary/aromatic N) is 2. The maximum absolute atomic E-state index is 10.3. The molecule has 0 aliphatic carbocycles. The van der Waals surface area contributed by atoms with Crippen LogP contribution in [0.25, 0.3) is 0 Å². The van der Waals surface area contributed by atoms with Crippen molar-refractivity contribution in [2.75, 3.05) is 0 Å². The Bertz CT molecular complexity index is 309. The van der Waals surface area contributed by atoms with Gasteiger partial charge in [-0.15, -0.1) is 0 Å². The Morgan fingerprint density at radius 1 is 1.77 bits per heavy atom. The minimum absolute atomic E-state index is 0.128. The van der Waals surface area contributed by atoms with Crippen LogP contribution in [0, 0.1) is 0 Å². The van der Waals surface area contributed by atoms with Crippen LogP contribution >= 0.6 is 15.9 Å². The number of carbonyl (C=O) groups is 1. The van der Waals surface area contributed by atoms with Gasteiger partial charge >= 0.3 is 5.97 Å². The summed E-state index contributed by atoms with van der Waals surface area (Å²) in [4.78, 5) is 14.4. The Hall–Kier alpha value is -0.840. The van der Waals surface area contributed by atoms with E-state index in [9.17, 15) is 4.79 Å². The van der Waals surface area contributed by atoms with Crippen LogP contribution in [0.2, 0.25) is 0 Å². The van der Waals surface area contributed by atoms with Gasteiger partial charge in [-0.05, 0) is 22.9 Å². The summed E-state index contributed by atoms with van der Waals surface area (Å²) in [5.41, 5.74) is 0. The van der Waals surface area contributed by atoms with E-state index in [0.717, 1.165) is 17.0 Å². The smallest absolute Gasteiger partial charge is 0.303 e. The second-order valence-corrected chi connectivity index (χ2v) is 3.45. The Morgan fingerprint density at radius 2 is 2.46 bits per heavy atom. The number of aromatic nitrogens is 2. The molecule has 0 radical (unpaired) electrons. The molecule has 0 unspecified atom stereocenters. The molecule has 0 atom stereocenters. The molecule has 1 rings (SSSR count). The van der Waals surface area contributed by atoms with Crippen LogP contribution in [0.5, 0.6) is 0 Å². The highest BCUT2D eigenvalue weighted by atomic mass is 79.9. The zero-order valence-corrected chi connectivity index (χ0v) is 8.91. The molecular formula is C8H11BrN2O2. The summed E-state index contributed by atoms with van der Waals surface area (Å²) in [5.74, 6) is 0.0264. The molecule has 72 valence electrons. The number of hydrogen-bond donors (Lipinski definition) is 1. The molecule has 0 amide bonds. The van der Waals surface area contributed by atoms with E-state index in [-0.39, 0.29) is 6.42 Å². The minimum atomic E-state index is -0.790. The van der Waals surface area contributed by atoms with Gasteiger partial charge in [0.25, 0.3) is 0 Å². The van der Waals surface area contributed by atoms with Gasteiger partial charge in [0, 0.05) is 13.0 Å². The fourth-order valence-corrected chi connectivity index (χ4v) is 1.70. The summed E-state index contributed by atoms with van der Waals surface area (Å²) < 4.78 is 2.85. The number of rotatable bonds is 4. The van der Waals surface area contributed by atoms with Crippen LogP contribution in [-0.4, -0.2) is 20.6 Å². The molecule has 0 saturated carbocycles. The Kier molecular flexibility index (Phi) is 3.48. The number of carboxylic acid groups (broad SMARTS) is 1. The van der Waals surface area contributed by atoms with Gasteiger partial charge in [0.05, 0.1) is 12.6 Å². The second kappa shape index (κ2) is 4.41. The normalized spacial score (nSPS) is 10.3. The van der Waals surface area contributed by atoms with E-state index >= 15 is 0 Å². The molecule has 1 aromatic heterocycles. The first-order chi connectivity index (χ1) is 6.15. The van der Waals surface area contributed by atoms with Gasteiger partial charge in [-0.25, -0.2) is 4.98 Å². The Balaban J connectivity index is 2.70. The fraction of sp³-hybridized carbons (Fsp3) is 0.500. The first-order valence-electron chi connectivity index (χ1n) is 4.06. The summed E-state index contributed by atoms with van der Waals surface area (Å²) in [6.45, 7) is 2.80. The summed E-state index contributed by atoms with van der Waals surface area (Å²) in [6, 6.07) is 0. The Morgan fingerprint density at radius 3 is 3.00 bits per heavy atom. The quantitative estimate of drug-likeness (QED) is 0.880. The number of imidazole rings is 1. The summed E-state index contributed by atoms with van der Waals surface area (Å²) in [7, 11) is 0. The predicted octanol–water partition coefficient (Wildman–Crippen LogP) is 1.68. The van der Waals surface area contributed by atoms with Crippen LogP contribution in [-0.2, 0) is 17.8 Å². The highest BCUT2D eigenvalue weighted by Gasteiger charge is 2.07. The van der Waals surface area contributed by atoms with E-state index in [1.165, 1.54) is 0 Å². The Labute approximate surface area is 84.7 Å². The SMILES string of the molecule is CCn1c(Br)cnc1CCC(=O)O. The first-order valence-corrected chi connectivity index (χ1v) is 4.86. The summed E-state index contributed by atoms with van der Waals surface area (Å²) >= 11 is 3.34. The van der Waals surface area contributed by atoms with Crippen molar-refractivity contribution in [3.05, 3.63) is 16.6 Å². The number of aliphatic carboxylic acids is 1. The standard InChI is InChI=1S/C8H11BrN2O2/c1-2-11-6(9)5-10-7(11)3-4-8(12)13/h5H,2-4H2,1H3,(H,12,13). The van der Waals surface area contributed by atoms with Gasteiger partial charge in [0.2, 0.25) is 0 Å². The molecule has 0 aliphatic heterocycles. The lowest BCUT2D eigenvalue weighted by molar-refractivity contribution is -0.137. The van der Waals surface area contributed by atoms with E-state index in [1.807, 2.05) is 11.5 Å². The molecule has 4 nitrogen and oxygen atoms in total. The third kappa shape index (κ3) is 2.55. The van der Waals surface area contributed by atoms with Gasteiger partial charge in [-0.2, -0.15) is 0 Å². The van der Waals surface area contributed by atoms with Crippen molar-refractivity contribution in [3.8, 4) is 0 Å². The van der Waals surface area contributed by atoms with E-state index < -0.39 is 5.97 Å². The lowest BCUT2D eigenvalue weighted by Crippen LogP contribution is -2.05. The van der Waals surface area contributed by atoms with Crippen molar-refractivity contribution in [2.24, 2.45) is 0 Å². The van der Waals surface area contributed by atoms with Crippen LogP contribution in [0.1, 0.15) is 19.2 Å². The molecule has 0 aromatic carbocycles. The zero-order chi connectivity index (χ0) is 9.84. The van der Waals surface area contributed by atoms with Crippen LogP contribution in [0.15, 0.2) is 10.8 Å². The minimum Gasteiger partial charge on any atom is -0.481 e. The number of aryl methyl sites for hydroxylation is 1. The highest BCUT2D eigenvalue weighted by Crippen LogP contribution is 2.13. The number of halogens is 1. The van der Waals surface area contributed by atoms with Crippen molar-refractivity contribution in [3.63, 3.8) is 0 Å². The molecule has 1 N–H and O–H groups in total. The first kappa shape index (κ1) is 10.2. The van der Waals surface area contributed by atoms with Gasteiger partial charge < -0.3 is 9.67 Å². The molecule has 0 spiro atoms. The summed E-state index contributed by atoms with van der Waals surface area (Å²) in [6.07, 6.45) is 2.30. The van der Waals surface area contributed by atoms with E-state index in [2.05, 4.69) is 20.9 Å². The predicted molar refractivity (Wildman–Crippen MR) is 51.6 cm³/mol.